The van der Waals surface area contributed by atoms with Crippen molar-refractivity contribution in [1.82, 2.24) is 4.57 Å². The molecule has 0 bridgehead atoms. The van der Waals surface area contributed by atoms with Crippen molar-refractivity contribution in [3.63, 3.8) is 0 Å². The number of thiazole rings is 1. The number of ether oxygens (including phenoxy) is 2. The van der Waals surface area contributed by atoms with Crippen LogP contribution in [0.1, 0.15) is 12.5 Å². The summed E-state index contributed by atoms with van der Waals surface area (Å²) in [4.78, 5) is 0.549. The fraction of sp³-hybridized carbons (Fsp3) is 0.278. The molecule has 0 saturated carbocycles. The SMILES string of the molecule is CCn1/c(=N/S(=O)(=O)c2ccc(C)cc2)sc2c(OC)ccc(OC)c21. The summed E-state index contributed by atoms with van der Waals surface area (Å²) >= 11 is 1.27. The lowest BCUT2D eigenvalue weighted by atomic mass is 10.2. The molecule has 0 aliphatic heterocycles. The third-order valence-corrected chi connectivity index (χ3v) is 6.52. The van der Waals surface area contributed by atoms with Crippen LogP contribution in [-0.4, -0.2) is 27.2 Å². The molecule has 0 amide bonds. The largest absolute Gasteiger partial charge is 0.495 e. The van der Waals surface area contributed by atoms with E-state index < -0.39 is 10.0 Å². The highest BCUT2D eigenvalue weighted by atomic mass is 32.2. The molecule has 0 fully saturated rings. The highest BCUT2D eigenvalue weighted by molar-refractivity contribution is 7.90. The molecule has 0 radical (unpaired) electrons. The molecule has 0 N–H and O–H groups in total. The maximum atomic E-state index is 12.7. The molecular weight excluding hydrogens is 372 g/mol. The van der Waals surface area contributed by atoms with Crippen LogP contribution in [0.4, 0.5) is 0 Å². The Morgan fingerprint density at radius 2 is 1.65 bits per heavy atom. The number of aryl methyl sites for hydroxylation is 2. The molecule has 0 atom stereocenters. The van der Waals surface area contributed by atoms with Gasteiger partial charge in [-0.1, -0.05) is 29.0 Å². The molecule has 1 heterocycles. The van der Waals surface area contributed by atoms with Crippen molar-refractivity contribution in [2.24, 2.45) is 4.40 Å². The molecule has 1 aromatic heterocycles. The van der Waals surface area contributed by atoms with Crippen LogP contribution in [0.2, 0.25) is 0 Å². The normalized spacial score (nSPS) is 12.5. The monoisotopic (exact) mass is 392 g/mol. The van der Waals surface area contributed by atoms with E-state index >= 15 is 0 Å². The lowest BCUT2D eigenvalue weighted by Crippen LogP contribution is -2.16. The Balaban J connectivity index is 2.31. The fourth-order valence-corrected chi connectivity index (χ4v) is 5.09. The number of rotatable bonds is 5. The molecule has 6 nitrogen and oxygen atoms in total. The first-order valence-electron chi connectivity index (χ1n) is 8.03. The Bertz CT molecular complexity index is 1110. The van der Waals surface area contributed by atoms with Crippen molar-refractivity contribution in [3.8, 4) is 11.5 Å². The van der Waals surface area contributed by atoms with Gasteiger partial charge in [-0.15, -0.1) is 4.40 Å². The number of hydrogen-bond acceptors (Lipinski definition) is 5. The average Bonchev–Trinajstić information content (AvgIpc) is 2.98. The van der Waals surface area contributed by atoms with E-state index in [0.717, 1.165) is 15.8 Å². The second-order valence-electron chi connectivity index (χ2n) is 5.66. The van der Waals surface area contributed by atoms with E-state index in [0.29, 0.717) is 22.8 Å². The van der Waals surface area contributed by atoms with Crippen LogP contribution < -0.4 is 14.3 Å². The maximum absolute atomic E-state index is 12.7. The van der Waals surface area contributed by atoms with Gasteiger partial charge in [-0.2, -0.15) is 8.42 Å². The van der Waals surface area contributed by atoms with Gasteiger partial charge in [0.25, 0.3) is 10.0 Å². The molecule has 8 heteroatoms. The zero-order chi connectivity index (χ0) is 18.9. The first kappa shape index (κ1) is 18.5. The van der Waals surface area contributed by atoms with Gasteiger partial charge in [-0.25, -0.2) is 0 Å². The number of methoxy groups -OCH3 is 2. The van der Waals surface area contributed by atoms with Gasteiger partial charge in [0.1, 0.15) is 21.7 Å². The number of aromatic nitrogens is 1. The van der Waals surface area contributed by atoms with Crippen LogP contribution in [0.15, 0.2) is 45.7 Å². The summed E-state index contributed by atoms with van der Waals surface area (Å²) in [6.07, 6.45) is 0. The van der Waals surface area contributed by atoms with E-state index in [-0.39, 0.29) is 4.90 Å². The standard InChI is InChI=1S/C18H20N2O4S2/c1-5-20-16-14(23-3)10-11-15(24-4)17(16)25-18(20)19-26(21,22)13-8-6-12(2)7-9-13/h6-11H,5H2,1-4H3/b19-18-. The Morgan fingerprint density at radius 3 is 2.23 bits per heavy atom. The van der Waals surface area contributed by atoms with Crippen LogP contribution in [0.5, 0.6) is 11.5 Å². The maximum Gasteiger partial charge on any atom is 0.285 e. The summed E-state index contributed by atoms with van der Waals surface area (Å²) in [6.45, 7) is 4.39. The summed E-state index contributed by atoms with van der Waals surface area (Å²) in [5.41, 5.74) is 1.76. The molecule has 0 aliphatic rings. The average molecular weight is 393 g/mol. The Hall–Kier alpha value is -2.32. The Kier molecular flexibility index (Phi) is 5.06. The number of hydrogen-bond donors (Lipinski definition) is 0. The molecular formula is C18H20N2O4S2. The molecule has 0 saturated heterocycles. The van der Waals surface area contributed by atoms with Gasteiger partial charge in [0.05, 0.1) is 19.1 Å². The topological polar surface area (TPSA) is 69.9 Å². The Morgan fingerprint density at radius 1 is 1.04 bits per heavy atom. The first-order valence-corrected chi connectivity index (χ1v) is 10.3. The smallest absolute Gasteiger partial charge is 0.285 e. The number of nitrogens with zero attached hydrogens (tertiary/aromatic N) is 2. The van der Waals surface area contributed by atoms with Crippen LogP contribution in [0.25, 0.3) is 10.2 Å². The van der Waals surface area contributed by atoms with Gasteiger partial charge in [-0.05, 0) is 38.1 Å². The quantitative estimate of drug-likeness (QED) is 0.668. The third kappa shape index (κ3) is 3.22. The zero-order valence-electron chi connectivity index (χ0n) is 15.0. The first-order chi connectivity index (χ1) is 12.4. The molecule has 3 aromatic rings. The molecule has 26 heavy (non-hydrogen) atoms. The predicted octanol–water partition coefficient (Wildman–Crippen LogP) is 3.34. The Labute approximate surface area is 156 Å². The van der Waals surface area contributed by atoms with Gasteiger partial charge in [-0.3, -0.25) is 0 Å². The van der Waals surface area contributed by atoms with Crippen molar-refractivity contribution < 1.29 is 17.9 Å². The lowest BCUT2D eigenvalue weighted by Gasteiger charge is -2.08. The highest BCUT2D eigenvalue weighted by Gasteiger charge is 2.18. The second kappa shape index (κ2) is 7.13. The predicted molar refractivity (Wildman–Crippen MR) is 103 cm³/mol. The van der Waals surface area contributed by atoms with Gasteiger partial charge < -0.3 is 14.0 Å². The van der Waals surface area contributed by atoms with Gasteiger partial charge in [0.2, 0.25) is 4.80 Å². The van der Waals surface area contributed by atoms with Crippen molar-refractivity contribution in [3.05, 3.63) is 46.8 Å². The van der Waals surface area contributed by atoms with Crippen molar-refractivity contribution >= 4 is 31.6 Å². The van der Waals surface area contributed by atoms with E-state index in [1.807, 2.05) is 18.4 Å². The van der Waals surface area contributed by atoms with Crippen molar-refractivity contribution in [2.75, 3.05) is 14.2 Å². The second-order valence-corrected chi connectivity index (χ2v) is 8.24. The summed E-state index contributed by atoms with van der Waals surface area (Å²) in [6, 6.07) is 10.3. The minimum absolute atomic E-state index is 0.169. The summed E-state index contributed by atoms with van der Waals surface area (Å²) in [5.74, 6) is 1.30. The van der Waals surface area contributed by atoms with E-state index in [9.17, 15) is 8.42 Å². The van der Waals surface area contributed by atoms with Crippen molar-refractivity contribution in [1.29, 1.82) is 0 Å². The van der Waals surface area contributed by atoms with Gasteiger partial charge in [0.15, 0.2) is 0 Å². The molecule has 0 unspecified atom stereocenters. The summed E-state index contributed by atoms with van der Waals surface area (Å²) < 4.78 is 43.0. The van der Waals surface area contributed by atoms with E-state index in [4.69, 9.17) is 9.47 Å². The number of benzene rings is 2. The zero-order valence-corrected chi connectivity index (χ0v) is 16.6. The van der Waals surface area contributed by atoms with Crippen LogP contribution in [-0.2, 0) is 16.6 Å². The summed E-state index contributed by atoms with van der Waals surface area (Å²) in [5, 5.41) is 0. The van der Waals surface area contributed by atoms with Crippen LogP contribution >= 0.6 is 11.3 Å². The van der Waals surface area contributed by atoms with E-state index in [1.165, 1.54) is 11.3 Å². The van der Waals surface area contributed by atoms with Crippen LogP contribution in [0, 0.1) is 6.92 Å². The highest BCUT2D eigenvalue weighted by Crippen LogP contribution is 2.35. The van der Waals surface area contributed by atoms with Gasteiger partial charge >= 0.3 is 0 Å². The number of fused-ring (bicyclic) bond motifs is 1. The summed E-state index contributed by atoms with van der Waals surface area (Å²) in [7, 11) is -0.654. The van der Waals surface area contributed by atoms with E-state index in [1.54, 1.807) is 50.6 Å². The third-order valence-electron chi connectivity index (χ3n) is 4.03. The molecule has 0 spiro atoms. The molecule has 0 aliphatic carbocycles. The molecule has 3 rings (SSSR count). The number of sulfonamides is 1. The minimum atomic E-state index is -3.82. The van der Waals surface area contributed by atoms with Gasteiger partial charge in [0, 0.05) is 6.54 Å². The van der Waals surface area contributed by atoms with Crippen LogP contribution in [0.3, 0.4) is 0 Å². The lowest BCUT2D eigenvalue weighted by molar-refractivity contribution is 0.409. The molecule has 138 valence electrons. The fourth-order valence-electron chi connectivity index (χ4n) is 2.68. The van der Waals surface area contributed by atoms with E-state index in [2.05, 4.69) is 4.40 Å². The van der Waals surface area contributed by atoms with Crippen molar-refractivity contribution in [2.45, 2.75) is 25.3 Å². The molecule has 2 aromatic carbocycles. The minimum Gasteiger partial charge on any atom is -0.495 e.